The third-order valence-corrected chi connectivity index (χ3v) is 5.75. The van der Waals surface area contributed by atoms with E-state index in [0.29, 0.717) is 18.0 Å². The Morgan fingerprint density at radius 1 is 1.07 bits per heavy atom. The molecule has 0 radical (unpaired) electrons. The lowest BCUT2D eigenvalue weighted by atomic mass is 9.85. The van der Waals surface area contributed by atoms with Crippen molar-refractivity contribution in [2.24, 2.45) is 11.8 Å². The van der Waals surface area contributed by atoms with Crippen LogP contribution in [0.1, 0.15) is 46.0 Å². The van der Waals surface area contributed by atoms with Crippen molar-refractivity contribution in [1.82, 2.24) is 10.6 Å². The Balaban J connectivity index is 1.52. The maximum Gasteiger partial charge on any atom is 0.227 e. The van der Waals surface area contributed by atoms with Gasteiger partial charge in [-0.25, -0.2) is 0 Å². The molecule has 2 N–H and O–H groups in total. The van der Waals surface area contributed by atoms with Crippen molar-refractivity contribution >= 4 is 23.4 Å². The number of para-hydroxylation sites is 2. The first-order chi connectivity index (χ1) is 13.9. The SMILES string of the molecule is COc1ccccc1N1CC(C(=O)NC2CCC(C(=O)NC(C)C)CC2)CC1=O. The summed E-state index contributed by atoms with van der Waals surface area (Å²) in [7, 11) is 1.57. The Morgan fingerprint density at radius 2 is 1.76 bits per heavy atom. The van der Waals surface area contributed by atoms with Crippen LogP contribution in [0.2, 0.25) is 0 Å². The van der Waals surface area contributed by atoms with Crippen molar-refractivity contribution in [2.75, 3.05) is 18.6 Å². The zero-order chi connectivity index (χ0) is 21.0. The fourth-order valence-electron chi connectivity index (χ4n) is 4.19. The van der Waals surface area contributed by atoms with Gasteiger partial charge in [-0.3, -0.25) is 14.4 Å². The first-order valence-corrected chi connectivity index (χ1v) is 10.4. The normalized spacial score (nSPS) is 24.5. The summed E-state index contributed by atoms with van der Waals surface area (Å²) in [6.07, 6.45) is 3.34. The molecule has 2 aliphatic rings. The number of hydrogen-bond acceptors (Lipinski definition) is 4. The zero-order valence-corrected chi connectivity index (χ0v) is 17.4. The van der Waals surface area contributed by atoms with Crippen LogP contribution in [0.4, 0.5) is 5.69 Å². The molecule has 7 nitrogen and oxygen atoms in total. The average molecular weight is 402 g/mol. The summed E-state index contributed by atoms with van der Waals surface area (Å²) in [5.74, 6) is 0.252. The van der Waals surface area contributed by atoms with E-state index in [9.17, 15) is 14.4 Å². The highest BCUT2D eigenvalue weighted by Gasteiger charge is 2.37. The summed E-state index contributed by atoms with van der Waals surface area (Å²) in [4.78, 5) is 39.0. The van der Waals surface area contributed by atoms with Crippen LogP contribution in [-0.2, 0) is 14.4 Å². The van der Waals surface area contributed by atoms with Gasteiger partial charge in [0.2, 0.25) is 17.7 Å². The van der Waals surface area contributed by atoms with Crippen molar-refractivity contribution in [3.8, 4) is 5.75 Å². The third-order valence-electron chi connectivity index (χ3n) is 5.75. The molecule has 29 heavy (non-hydrogen) atoms. The molecule has 3 amide bonds. The smallest absolute Gasteiger partial charge is 0.227 e. The van der Waals surface area contributed by atoms with Gasteiger partial charge in [-0.05, 0) is 51.7 Å². The van der Waals surface area contributed by atoms with Crippen LogP contribution >= 0.6 is 0 Å². The average Bonchev–Trinajstić information content (AvgIpc) is 3.09. The molecule has 3 rings (SSSR count). The summed E-state index contributed by atoms with van der Waals surface area (Å²) in [5.41, 5.74) is 0.701. The number of rotatable bonds is 6. The van der Waals surface area contributed by atoms with E-state index in [0.717, 1.165) is 25.7 Å². The minimum absolute atomic E-state index is 0.0275. The first kappa shape index (κ1) is 21.1. The predicted octanol–water partition coefficient (Wildman–Crippen LogP) is 2.25. The molecule has 1 aromatic carbocycles. The molecule has 1 aliphatic heterocycles. The van der Waals surface area contributed by atoms with E-state index in [2.05, 4.69) is 10.6 Å². The number of ether oxygens (including phenoxy) is 1. The topological polar surface area (TPSA) is 87.7 Å². The molecule has 1 heterocycles. The number of carbonyl (C=O) groups excluding carboxylic acids is 3. The van der Waals surface area contributed by atoms with Gasteiger partial charge in [0.15, 0.2) is 0 Å². The highest BCUT2D eigenvalue weighted by atomic mass is 16.5. The lowest BCUT2D eigenvalue weighted by Gasteiger charge is -2.29. The maximum absolute atomic E-state index is 12.8. The van der Waals surface area contributed by atoms with Gasteiger partial charge < -0.3 is 20.3 Å². The molecule has 1 saturated carbocycles. The Bertz CT molecular complexity index is 756. The molecule has 1 aliphatic carbocycles. The lowest BCUT2D eigenvalue weighted by Crippen LogP contribution is -2.44. The van der Waals surface area contributed by atoms with E-state index < -0.39 is 0 Å². The van der Waals surface area contributed by atoms with Gasteiger partial charge in [0, 0.05) is 31.0 Å². The fraction of sp³-hybridized carbons (Fsp3) is 0.591. The number of anilines is 1. The van der Waals surface area contributed by atoms with Gasteiger partial charge in [0.25, 0.3) is 0 Å². The van der Waals surface area contributed by atoms with Crippen LogP contribution in [-0.4, -0.2) is 43.5 Å². The van der Waals surface area contributed by atoms with Crippen molar-refractivity contribution in [2.45, 2.75) is 58.0 Å². The van der Waals surface area contributed by atoms with E-state index in [-0.39, 0.29) is 48.1 Å². The lowest BCUT2D eigenvalue weighted by molar-refractivity contribution is -0.128. The molecule has 7 heteroatoms. The van der Waals surface area contributed by atoms with Gasteiger partial charge in [-0.15, -0.1) is 0 Å². The minimum atomic E-state index is -0.366. The van der Waals surface area contributed by atoms with Crippen molar-refractivity contribution < 1.29 is 19.1 Å². The molecular weight excluding hydrogens is 370 g/mol. The van der Waals surface area contributed by atoms with Crippen LogP contribution in [0.15, 0.2) is 24.3 Å². The Labute approximate surface area is 172 Å². The quantitative estimate of drug-likeness (QED) is 0.765. The molecule has 0 bridgehead atoms. The van der Waals surface area contributed by atoms with Gasteiger partial charge in [-0.1, -0.05) is 12.1 Å². The Hall–Kier alpha value is -2.57. The maximum atomic E-state index is 12.8. The van der Waals surface area contributed by atoms with Crippen molar-refractivity contribution in [1.29, 1.82) is 0 Å². The van der Waals surface area contributed by atoms with Crippen LogP contribution in [0.5, 0.6) is 5.75 Å². The number of hydrogen-bond donors (Lipinski definition) is 2. The third kappa shape index (κ3) is 5.08. The second kappa shape index (κ2) is 9.29. The van der Waals surface area contributed by atoms with E-state index in [1.165, 1.54) is 0 Å². The Morgan fingerprint density at radius 3 is 2.41 bits per heavy atom. The van der Waals surface area contributed by atoms with Crippen molar-refractivity contribution in [3.05, 3.63) is 24.3 Å². The fourth-order valence-corrected chi connectivity index (χ4v) is 4.19. The number of methoxy groups -OCH3 is 1. The summed E-state index contributed by atoms with van der Waals surface area (Å²) >= 11 is 0. The summed E-state index contributed by atoms with van der Waals surface area (Å²) in [5, 5.41) is 6.07. The second-order valence-corrected chi connectivity index (χ2v) is 8.30. The second-order valence-electron chi connectivity index (χ2n) is 8.30. The van der Waals surface area contributed by atoms with Crippen LogP contribution in [0.25, 0.3) is 0 Å². The van der Waals surface area contributed by atoms with Gasteiger partial charge >= 0.3 is 0 Å². The summed E-state index contributed by atoms with van der Waals surface area (Å²) in [6, 6.07) is 7.56. The monoisotopic (exact) mass is 401 g/mol. The van der Waals surface area contributed by atoms with Gasteiger partial charge in [0.1, 0.15) is 5.75 Å². The molecule has 1 unspecified atom stereocenters. The number of carbonyl (C=O) groups is 3. The summed E-state index contributed by atoms with van der Waals surface area (Å²) in [6.45, 7) is 4.28. The molecule has 1 aromatic rings. The number of benzene rings is 1. The largest absolute Gasteiger partial charge is 0.495 e. The van der Waals surface area contributed by atoms with E-state index >= 15 is 0 Å². The van der Waals surface area contributed by atoms with Crippen LogP contribution in [0, 0.1) is 11.8 Å². The summed E-state index contributed by atoms with van der Waals surface area (Å²) < 4.78 is 5.35. The molecule has 0 aromatic heterocycles. The van der Waals surface area contributed by atoms with E-state index in [1.807, 2.05) is 38.1 Å². The number of amides is 3. The molecule has 158 valence electrons. The van der Waals surface area contributed by atoms with Crippen LogP contribution in [0.3, 0.4) is 0 Å². The molecule has 1 saturated heterocycles. The highest BCUT2D eigenvalue weighted by Crippen LogP contribution is 2.33. The molecule has 1 atom stereocenters. The number of nitrogens with zero attached hydrogens (tertiary/aromatic N) is 1. The van der Waals surface area contributed by atoms with Gasteiger partial charge in [0.05, 0.1) is 18.7 Å². The first-order valence-electron chi connectivity index (χ1n) is 10.4. The predicted molar refractivity (Wildman–Crippen MR) is 111 cm³/mol. The van der Waals surface area contributed by atoms with E-state index in [1.54, 1.807) is 12.0 Å². The van der Waals surface area contributed by atoms with Gasteiger partial charge in [-0.2, -0.15) is 0 Å². The highest BCUT2D eigenvalue weighted by molar-refractivity contribution is 6.01. The standard InChI is InChI=1S/C22H31N3O4/c1-14(2)23-21(27)15-8-10-17(11-9-15)24-22(28)16-12-20(26)25(13-16)18-6-4-5-7-19(18)29-3/h4-7,14-17H,8-13H2,1-3H3,(H,23,27)(H,24,28). The Kier molecular flexibility index (Phi) is 6.77. The molecule has 2 fully saturated rings. The number of nitrogens with one attached hydrogen (secondary N) is 2. The van der Waals surface area contributed by atoms with Crippen molar-refractivity contribution in [3.63, 3.8) is 0 Å². The minimum Gasteiger partial charge on any atom is -0.495 e. The molecule has 0 spiro atoms. The zero-order valence-electron chi connectivity index (χ0n) is 17.4. The molecular formula is C22H31N3O4. The van der Waals surface area contributed by atoms with E-state index in [4.69, 9.17) is 4.74 Å². The van der Waals surface area contributed by atoms with Crippen LogP contribution < -0.4 is 20.3 Å².